The predicted octanol–water partition coefficient (Wildman–Crippen LogP) is 4.21. The van der Waals surface area contributed by atoms with Gasteiger partial charge in [0.25, 0.3) is 0 Å². The lowest BCUT2D eigenvalue weighted by molar-refractivity contribution is 0.152. The first-order valence-corrected chi connectivity index (χ1v) is 7.41. The quantitative estimate of drug-likeness (QED) is 0.720. The Morgan fingerprint density at radius 2 is 1.94 bits per heavy atom. The van der Waals surface area contributed by atoms with Gasteiger partial charge in [0.1, 0.15) is 0 Å². The van der Waals surface area contributed by atoms with E-state index in [-0.39, 0.29) is 0 Å². The molecule has 16 heavy (non-hydrogen) atoms. The molecule has 0 aromatic rings. The van der Waals surface area contributed by atoms with Crippen LogP contribution in [0.15, 0.2) is 0 Å². The van der Waals surface area contributed by atoms with Gasteiger partial charge in [-0.2, -0.15) is 0 Å². The molecule has 1 nitrogen and oxygen atoms in total. The van der Waals surface area contributed by atoms with Crippen LogP contribution in [0.5, 0.6) is 0 Å². The highest BCUT2D eigenvalue weighted by Gasteiger charge is 2.29. The van der Waals surface area contributed by atoms with Crippen LogP contribution in [0, 0.1) is 23.7 Å². The summed E-state index contributed by atoms with van der Waals surface area (Å²) in [5.41, 5.74) is 5.93. The summed E-state index contributed by atoms with van der Waals surface area (Å²) in [6, 6.07) is 0. The highest BCUT2D eigenvalue weighted by molar-refractivity contribution is 4.81. The molecule has 1 aliphatic rings. The molecule has 0 radical (unpaired) electrons. The van der Waals surface area contributed by atoms with Crippen LogP contribution in [0.1, 0.15) is 65.7 Å². The summed E-state index contributed by atoms with van der Waals surface area (Å²) in [5, 5.41) is 0. The molecule has 0 heterocycles. The third-order valence-corrected chi connectivity index (χ3v) is 4.62. The summed E-state index contributed by atoms with van der Waals surface area (Å²) in [5.74, 6) is 3.63. The normalized spacial score (nSPS) is 32.6. The molecule has 1 heteroatoms. The second-order valence-corrected chi connectivity index (χ2v) is 5.97. The minimum atomic E-state index is 0.821. The molecule has 96 valence electrons. The average molecular weight is 225 g/mol. The maximum absolute atomic E-state index is 5.93. The molecule has 0 spiro atoms. The van der Waals surface area contributed by atoms with Crippen molar-refractivity contribution < 1.29 is 0 Å². The third-order valence-electron chi connectivity index (χ3n) is 4.62. The third kappa shape index (κ3) is 4.08. The van der Waals surface area contributed by atoms with Gasteiger partial charge in [-0.05, 0) is 49.5 Å². The van der Waals surface area contributed by atoms with Crippen LogP contribution in [-0.2, 0) is 0 Å². The molecule has 4 atom stereocenters. The topological polar surface area (TPSA) is 26.0 Å². The van der Waals surface area contributed by atoms with Gasteiger partial charge < -0.3 is 5.73 Å². The lowest BCUT2D eigenvalue weighted by Crippen LogP contribution is -2.31. The van der Waals surface area contributed by atoms with Crippen molar-refractivity contribution in [2.45, 2.75) is 65.7 Å². The van der Waals surface area contributed by atoms with E-state index in [9.17, 15) is 0 Å². The van der Waals surface area contributed by atoms with E-state index in [2.05, 4.69) is 20.8 Å². The Bertz CT molecular complexity index is 178. The fourth-order valence-corrected chi connectivity index (χ4v) is 3.52. The second-order valence-electron chi connectivity index (χ2n) is 5.97. The van der Waals surface area contributed by atoms with Gasteiger partial charge in [0.15, 0.2) is 0 Å². The first-order chi connectivity index (χ1) is 7.71. The minimum Gasteiger partial charge on any atom is -0.330 e. The molecule has 0 aromatic carbocycles. The highest BCUT2D eigenvalue weighted by Crippen LogP contribution is 2.38. The zero-order valence-corrected chi connectivity index (χ0v) is 11.5. The summed E-state index contributed by atoms with van der Waals surface area (Å²) in [4.78, 5) is 0. The van der Waals surface area contributed by atoms with Crippen LogP contribution in [0.25, 0.3) is 0 Å². The SMILES string of the molecule is CCCC(C)CC1CC(CC)CCC1CN. The molecule has 1 fully saturated rings. The number of hydrogen-bond acceptors (Lipinski definition) is 1. The van der Waals surface area contributed by atoms with Gasteiger partial charge in [0.2, 0.25) is 0 Å². The van der Waals surface area contributed by atoms with E-state index in [1.165, 1.54) is 44.9 Å². The van der Waals surface area contributed by atoms with E-state index >= 15 is 0 Å². The first kappa shape index (κ1) is 14.0. The summed E-state index contributed by atoms with van der Waals surface area (Å²) < 4.78 is 0. The minimum absolute atomic E-state index is 0.821. The molecule has 2 N–H and O–H groups in total. The second kappa shape index (κ2) is 7.32. The fourth-order valence-electron chi connectivity index (χ4n) is 3.52. The molecule has 0 saturated heterocycles. The van der Waals surface area contributed by atoms with Crippen LogP contribution in [-0.4, -0.2) is 6.54 Å². The van der Waals surface area contributed by atoms with Gasteiger partial charge in [0.05, 0.1) is 0 Å². The summed E-state index contributed by atoms with van der Waals surface area (Å²) in [6.07, 6.45) is 9.78. The van der Waals surface area contributed by atoms with E-state index in [0.717, 1.165) is 30.2 Å². The van der Waals surface area contributed by atoms with Crippen LogP contribution >= 0.6 is 0 Å². The Morgan fingerprint density at radius 3 is 2.50 bits per heavy atom. The van der Waals surface area contributed by atoms with Crippen molar-refractivity contribution in [3.05, 3.63) is 0 Å². The van der Waals surface area contributed by atoms with E-state index in [1.807, 2.05) is 0 Å². The van der Waals surface area contributed by atoms with Gasteiger partial charge in [-0.15, -0.1) is 0 Å². The lowest BCUT2D eigenvalue weighted by Gasteiger charge is -2.36. The van der Waals surface area contributed by atoms with Gasteiger partial charge >= 0.3 is 0 Å². The Morgan fingerprint density at radius 1 is 1.19 bits per heavy atom. The maximum atomic E-state index is 5.93. The van der Waals surface area contributed by atoms with Crippen molar-refractivity contribution in [2.24, 2.45) is 29.4 Å². The number of rotatable bonds is 6. The average Bonchev–Trinajstić information content (AvgIpc) is 2.29. The summed E-state index contributed by atoms with van der Waals surface area (Å²) in [6.45, 7) is 7.99. The molecule has 1 aliphatic carbocycles. The largest absolute Gasteiger partial charge is 0.330 e. The molecule has 4 unspecified atom stereocenters. The monoisotopic (exact) mass is 225 g/mol. The molecule has 1 saturated carbocycles. The molecular formula is C15H31N. The van der Waals surface area contributed by atoms with Gasteiger partial charge in [0, 0.05) is 0 Å². The molecular weight excluding hydrogens is 194 g/mol. The standard InChI is InChI=1S/C15H31N/c1-4-6-12(3)9-15-10-13(5-2)7-8-14(15)11-16/h12-15H,4-11,16H2,1-3H3. The first-order valence-electron chi connectivity index (χ1n) is 7.41. The van der Waals surface area contributed by atoms with Crippen LogP contribution < -0.4 is 5.73 Å². The lowest BCUT2D eigenvalue weighted by atomic mass is 9.70. The van der Waals surface area contributed by atoms with E-state index < -0.39 is 0 Å². The van der Waals surface area contributed by atoms with E-state index in [0.29, 0.717) is 0 Å². The van der Waals surface area contributed by atoms with Crippen molar-refractivity contribution in [3.8, 4) is 0 Å². The van der Waals surface area contributed by atoms with E-state index in [1.54, 1.807) is 0 Å². The van der Waals surface area contributed by atoms with Crippen molar-refractivity contribution >= 4 is 0 Å². The van der Waals surface area contributed by atoms with Gasteiger partial charge in [-0.1, -0.05) is 46.5 Å². The smallest absolute Gasteiger partial charge is 0.00462 e. The van der Waals surface area contributed by atoms with Gasteiger partial charge in [-0.25, -0.2) is 0 Å². The Labute approximate surface area is 102 Å². The summed E-state index contributed by atoms with van der Waals surface area (Å²) in [7, 11) is 0. The predicted molar refractivity (Wildman–Crippen MR) is 72.4 cm³/mol. The Hall–Kier alpha value is -0.0400. The number of hydrogen-bond donors (Lipinski definition) is 1. The van der Waals surface area contributed by atoms with Crippen molar-refractivity contribution in [3.63, 3.8) is 0 Å². The molecule has 0 bridgehead atoms. The Kier molecular flexibility index (Phi) is 6.41. The number of nitrogens with two attached hydrogens (primary N) is 1. The van der Waals surface area contributed by atoms with Crippen LogP contribution in [0.3, 0.4) is 0 Å². The van der Waals surface area contributed by atoms with Crippen molar-refractivity contribution in [1.82, 2.24) is 0 Å². The molecule has 0 aromatic heterocycles. The summed E-state index contributed by atoms with van der Waals surface area (Å²) >= 11 is 0. The van der Waals surface area contributed by atoms with Crippen molar-refractivity contribution in [1.29, 1.82) is 0 Å². The van der Waals surface area contributed by atoms with E-state index in [4.69, 9.17) is 5.73 Å². The van der Waals surface area contributed by atoms with Crippen molar-refractivity contribution in [2.75, 3.05) is 6.54 Å². The molecule has 0 amide bonds. The fraction of sp³-hybridized carbons (Fsp3) is 1.00. The zero-order valence-electron chi connectivity index (χ0n) is 11.5. The molecule has 1 rings (SSSR count). The highest BCUT2D eigenvalue weighted by atomic mass is 14.6. The van der Waals surface area contributed by atoms with Gasteiger partial charge in [-0.3, -0.25) is 0 Å². The van der Waals surface area contributed by atoms with Crippen LogP contribution in [0.4, 0.5) is 0 Å². The maximum Gasteiger partial charge on any atom is -0.00462 e. The molecule has 0 aliphatic heterocycles. The zero-order chi connectivity index (χ0) is 12.0. The Balaban J connectivity index is 2.44. The van der Waals surface area contributed by atoms with Crippen LogP contribution in [0.2, 0.25) is 0 Å².